The van der Waals surface area contributed by atoms with Crippen LogP contribution in [0.1, 0.15) is 47.8 Å². The van der Waals surface area contributed by atoms with E-state index in [4.69, 9.17) is 0 Å². The highest BCUT2D eigenvalue weighted by atomic mass is 32.2. The van der Waals surface area contributed by atoms with E-state index in [1.807, 2.05) is 42.7 Å². The number of urea groups is 1. The second-order valence-corrected chi connectivity index (χ2v) is 9.82. The summed E-state index contributed by atoms with van der Waals surface area (Å²) in [5, 5.41) is 2.17. The van der Waals surface area contributed by atoms with Crippen LogP contribution in [0.2, 0.25) is 0 Å². The largest absolute Gasteiger partial charge is 0.337 e. The molecule has 0 bridgehead atoms. The van der Waals surface area contributed by atoms with Gasteiger partial charge in [-0.05, 0) is 30.5 Å². The molecule has 3 aromatic rings. The summed E-state index contributed by atoms with van der Waals surface area (Å²) in [5.41, 5.74) is 3.19. The van der Waals surface area contributed by atoms with Crippen LogP contribution in [0.3, 0.4) is 0 Å². The fourth-order valence-electron chi connectivity index (χ4n) is 3.71. The monoisotopic (exact) mass is 500 g/mol. The lowest BCUT2D eigenvalue weighted by Gasteiger charge is -2.13. The molecule has 10 heteroatoms. The third-order valence-electron chi connectivity index (χ3n) is 5.28. The third kappa shape index (κ3) is 5.68. The van der Waals surface area contributed by atoms with Gasteiger partial charge in [0.25, 0.3) is 10.0 Å². The maximum absolute atomic E-state index is 12.9. The molecule has 2 N–H and O–H groups in total. The summed E-state index contributed by atoms with van der Waals surface area (Å²) < 4.78 is 29.6. The Morgan fingerprint density at radius 1 is 1.06 bits per heavy atom. The zero-order valence-corrected chi connectivity index (χ0v) is 21.0. The fourth-order valence-corrected chi connectivity index (χ4v) is 5.15. The van der Waals surface area contributed by atoms with Gasteiger partial charge in [-0.3, -0.25) is 4.79 Å². The first-order valence-electron chi connectivity index (χ1n) is 11.0. The van der Waals surface area contributed by atoms with Crippen LogP contribution in [0.15, 0.2) is 53.4 Å². The molecule has 180 valence electrons. The summed E-state index contributed by atoms with van der Waals surface area (Å²) in [7, 11) is -4.07. The highest BCUT2D eigenvalue weighted by molar-refractivity contribution is 7.97. The number of nitrogens with zero attached hydrogens (tertiary/aromatic N) is 2. The molecule has 0 saturated heterocycles. The van der Waals surface area contributed by atoms with E-state index in [-0.39, 0.29) is 10.0 Å². The molecule has 0 aliphatic carbocycles. The first-order valence-corrected chi connectivity index (χ1v) is 12.9. The number of nitrogens with one attached hydrogen (secondary N) is 2. The number of imidazole rings is 1. The van der Waals surface area contributed by atoms with Crippen molar-refractivity contribution in [3.8, 4) is 11.1 Å². The fraction of sp³-hybridized carbons (Fsp3) is 0.292. The normalized spacial score (nSPS) is 11.3. The molecule has 34 heavy (non-hydrogen) atoms. The maximum Gasteiger partial charge on any atom is 0.328 e. The number of aromatic nitrogens is 2. The van der Waals surface area contributed by atoms with Crippen LogP contribution in [0.25, 0.3) is 11.1 Å². The molecule has 3 rings (SSSR count). The standard InChI is InChI=1S/C24H28N4O4S2/c1-4-14-25-24(30)27-34(31,32)20-9-7-6-8-19(20)18-12-10-17(11-13-18)15-28-21(5-2)26-16(3)22(28)23(29)33/h6-13H,4-5,14-15H2,1-3H3,(H,29,33)(H2,25,27,30). The Kier molecular flexibility index (Phi) is 8.16. The molecule has 1 aromatic heterocycles. The highest BCUT2D eigenvalue weighted by Gasteiger charge is 2.22. The summed E-state index contributed by atoms with van der Waals surface area (Å²) >= 11 is 4.00. The molecule has 0 unspecified atom stereocenters. The lowest BCUT2D eigenvalue weighted by Crippen LogP contribution is -2.39. The molecule has 0 aliphatic rings. The number of thiol groups is 1. The number of benzene rings is 2. The van der Waals surface area contributed by atoms with Crippen LogP contribution in [0, 0.1) is 6.92 Å². The van der Waals surface area contributed by atoms with Gasteiger partial charge in [0.2, 0.25) is 5.12 Å². The Hall–Kier alpha value is -3.11. The van der Waals surface area contributed by atoms with Gasteiger partial charge in [0, 0.05) is 25.1 Å². The van der Waals surface area contributed by atoms with Crippen molar-refractivity contribution >= 4 is 33.8 Å². The van der Waals surface area contributed by atoms with E-state index in [1.165, 1.54) is 6.07 Å². The lowest BCUT2D eigenvalue weighted by molar-refractivity contribution is 0.108. The Labute approximate surface area is 205 Å². The van der Waals surface area contributed by atoms with E-state index < -0.39 is 16.1 Å². The van der Waals surface area contributed by atoms with Gasteiger partial charge in [0.15, 0.2) is 0 Å². The smallest absolute Gasteiger partial charge is 0.328 e. The number of hydrogen-bond acceptors (Lipinski definition) is 5. The summed E-state index contributed by atoms with van der Waals surface area (Å²) in [4.78, 5) is 28.5. The number of hydrogen-bond donors (Lipinski definition) is 3. The SMILES string of the molecule is CCCNC(=O)NS(=O)(=O)c1ccccc1-c1ccc(Cn2c(CC)nc(C)c2C(=O)S)cc1. The first-order chi connectivity index (χ1) is 16.2. The van der Waals surface area contributed by atoms with Crippen LogP contribution in [-0.4, -0.2) is 35.7 Å². The summed E-state index contributed by atoms with van der Waals surface area (Å²) in [5.74, 6) is 0.794. The molecular formula is C24H28N4O4S2. The number of carbonyl (C=O) groups excluding carboxylic acids is 2. The molecule has 2 aromatic carbocycles. The average Bonchev–Trinajstić information content (AvgIpc) is 3.13. The van der Waals surface area contributed by atoms with Crippen LogP contribution in [0.5, 0.6) is 0 Å². The molecule has 1 heterocycles. The zero-order valence-electron chi connectivity index (χ0n) is 19.3. The van der Waals surface area contributed by atoms with Gasteiger partial charge in [-0.25, -0.2) is 22.9 Å². The number of carbonyl (C=O) groups is 2. The average molecular weight is 501 g/mol. The third-order valence-corrected chi connectivity index (χ3v) is 6.89. The van der Waals surface area contributed by atoms with Crippen LogP contribution in [0.4, 0.5) is 4.79 Å². The predicted octanol–water partition coefficient (Wildman–Crippen LogP) is 3.94. The minimum atomic E-state index is -4.07. The van der Waals surface area contributed by atoms with Crippen molar-refractivity contribution in [3.63, 3.8) is 0 Å². The van der Waals surface area contributed by atoms with E-state index in [2.05, 4.69) is 27.7 Å². The van der Waals surface area contributed by atoms with Gasteiger partial charge in [-0.1, -0.05) is 68.9 Å². The van der Waals surface area contributed by atoms with Crippen molar-refractivity contribution in [2.45, 2.75) is 45.1 Å². The van der Waals surface area contributed by atoms with E-state index in [0.29, 0.717) is 48.4 Å². The molecule has 0 spiro atoms. The molecule has 8 nitrogen and oxygen atoms in total. The minimum Gasteiger partial charge on any atom is -0.337 e. The summed E-state index contributed by atoms with van der Waals surface area (Å²) in [6.45, 7) is 6.45. The van der Waals surface area contributed by atoms with E-state index in [0.717, 1.165) is 11.4 Å². The van der Waals surface area contributed by atoms with Crippen LogP contribution >= 0.6 is 12.6 Å². The van der Waals surface area contributed by atoms with Gasteiger partial charge in [-0.15, -0.1) is 0 Å². The molecule has 0 aliphatic heterocycles. The van der Waals surface area contributed by atoms with E-state index in [9.17, 15) is 18.0 Å². The van der Waals surface area contributed by atoms with Crippen LogP contribution < -0.4 is 10.0 Å². The summed E-state index contributed by atoms with van der Waals surface area (Å²) in [6.07, 6.45) is 1.36. The Balaban J connectivity index is 1.90. The Morgan fingerprint density at radius 2 is 1.74 bits per heavy atom. The van der Waals surface area contributed by atoms with Crippen molar-refractivity contribution in [2.24, 2.45) is 0 Å². The van der Waals surface area contributed by atoms with Crippen molar-refractivity contribution in [2.75, 3.05) is 6.54 Å². The Bertz CT molecular complexity index is 1300. The van der Waals surface area contributed by atoms with E-state index >= 15 is 0 Å². The second-order valence-electron chi connectivity index (χ2n) is 7.76. The zero-order chi connectivity index (χ0) is 24.9. The molecule has 0 saturated carbocycles. The number of aryl methyl sites for hydroxylation is 2. The Morgan fingerprint density at radius 3 is 2.35 bits per heavy atom. The lowest BCUT2D eigenvalue weighted by atomic mass is 10.0. The van der Waals surface area contributed by atoms with Gasteiger partial charge in [-0.2, -0.15) is 0 Å². The topological polar surface area (TPSA) is 110 Å². The van der Waals surface area contributed by atoms with E-state index in [1.54, 1.807) is 25.1 Å². The predicted molar refractivity (Wildman–Crippen MR) is 135 cm³/mol. The molecule has 0 fully saturated rings. The van der Waals surface area contributed by atoms with Gasteiger partial charge in [0.05, 0.1) is 10.6 Å². The number of sulfonamides is 1. The van der Waals surface area contributed by atoms with Crippen molar-refractivity contribution in [1.29, 1.82) is 0 Å². The van der Waals surface area contributed by atoms with Gasteiger partial charge >= 0.3 is 6.03 Å². The number of amides is 2. The second kappa shape index (κ2) is 10.9. The van der Waals surface area contributed by atoms with Crippen molar-refractivity contribution < 1.29 is 18.0 Å². The summed E-state index contributed by atoms with van der Waals surface area (Å²) in [6, 6.07) is 13.1. The quantitative estimate of drug-likeness (QED) is 0.386. The van der Waals surface area contributed by atoms with Gasteiger partial charge < -0.3 is 9.88 Å². The minimum absolute atomic E-state index is 0.0101. The maximum atomic E-state index is 12.9. The van der Waals surface area contributed by atoms with Crippen molar-refractivity contribution in [1.82, 2.24) is 19.6 Å². The molecule has 2 amide bonds. The molecule has 0 atom stereocenters. The van der Waals surface area contributed by atoms with Crippen LogP contribution in [-0.2, 0) is 23.0 Å². The number of rotatable bonds is 9. The van der Waals surface area contributed by atoms with Gasteiger partial charge in [0.1, 0.15) is 11.5 Å². The highest BCUT2D eigenvalue weighted by Crippen LogP contribution is 2.28. The van der Waals surface area contributed by atoms with Crippen molar-refractivity contribution in [3.05, 3.63) is 71.3 Å². The molecule has 0 radical (unpaired) electrons. The first kappa shape index (κ1) is 25.5. The molecular weight excluding hydrogens is 472 g/mol.